The normalized spacial score (nSPS) is 27.1. The Morgan fingerprint density at radius 2 is 1.94 bits per heavy atom. The lowest BCUT2D eigenvalue weighted by atomic mass is 9.75. The Morgan fingerprint density at radius 1 is 1.22 bits per heavy atom. The minimum atomic E-state index is 0.217. The summed E-state index contributed by atoms with van der Waals surface area (Å²) in [6.45, 7) is 7.06. The Balaban J connectivity index is 1.93. The monoisotopic (exact) mass is 247 g/mol. The van der Waals surface area contributed by atoms with E-state index in [0.29, 0.717) is 5.41 Å². The summed E-state index contributed by atoms with van der Waals surface area (Å²) < 4.78 is 2.40. The summed E-state index contributed by atoms with van der Waals surface area (Å²) in [4.78, 5) is 0. The highest BCUT2D eigenvalue weighted by atomic mass is 15.5. The molecule has 1 unspecified atom stereocenters. The molecule has 0 aromatic carbocycles. The summed E-state index contributed by atoms with van der Waals surface area (Å²) in [5, 5.41) is 2.50. The van der Waals surface area contributed by atoms with Crippen molar-refractivity contribution in [2.45, 2.75) is 52.0 Å². The van der Waals surface area contributed by atoms with Gasteiger partial charge in [0.25, 0.3) is 0 Å². The lowest BCUT2D eigenvalue weighted by Gasteiger charge is -2.38. The van der Waals surface area contributed by atoms with Crippen molar-refractivity contribution in [2.75, 3.05) is 18.1 Å². The highest BCUT2D eigenvalue weighted by Crippen LogP contribution is 2.40. The molecule has 0 spiro atoms. The number of rotatable bonds is 1. The fourth-order valence-corrected chi connectivity index (χ4v) is 3.58. The molecule has 18 heavy (non-hydrogen) atoms. The maximum atomic E-state index is 6.33. The third-order valence-electron chi connectivity index (χ3n) is 4.46. The number of nitrogens with zero attached hydrogens (tertiary/aromatic N) is 2. The number of aromatic nitrogens is 1. The highest BCUT2D eigenvalue weighted by Gasteiger charge is 2.33. The number of fused-ring (bicyclic) bond motifs is 1. The molecule has 3 heteroatoms. The van der Waals surface area contributed by atoms with Crippen LogP contribution in [0.2, 0.25) is 0 Å². The van der Waals surface area contributed by atoms with Crippen LogP contribution in [0.3, 0.4) is 0 Å². The first kappa shape index (κ1) is 12.1. The molecule has 1 atom stereocenters. The Labute approximate surface area is 110 Å². The van der Waals surface area contributed by atoms with Crippen molar-refractivity contribution < 1.29 is 0 Å². The van der Waals surface area contributed by atoms with E-state index >= 15 is 0 Å². The Bertz CT molecular complexity index is 427. The predicted octanol–water partition coefficient (Wildman–Crippen LogP) is 2.58. The van der Waals surface area contributed by atoms with Crippen LogP contribution < -0.4 is 10.7 Å². The standard InChI is InChI=1S/C15H25N3/c1-15(2)10-13(16)12-6-9-18(14(12)11-15)17-7-4-3-5-8-17/h6,9,13H,3-5,7-8,10-11,16H2,1-2H3. The minimum Gasteiger partial charge on any atom is -0.324 e. The first-order valence-electron chi connectivity index (χ1n) is 7.28. The van der Waals surface area contributed by atoms with Gasteiger partial charge in [0.2, 0.25) is 0 Å². The van der Waals surface area contributed by atoms with Crippen LogP contribution in [0.15, 0.2) is 12.3 Å². The van der Waals surface area contributed by atoms with Gasteiger partial charge < -0.3 is 10.7 Å². The van der Waals surface area contributed by atoms with Gasteiger partial charge in [-0.05, 0) is 49.1 Å². The van der Waals surface area contributed by atoms with Crippen molar-refractivity contribution in [3.8, 4) is 0 Å². The molecule has 0 radical (unpaired) electrons. The van der Waals surface area contributed by atoms with Crippen molar-refractivity contribution in [2.24, 2.45) is 11.1 Å². The molecule has 2 aliphatic rings. The van der Waals surface area contributed by atoms with E-state index in [1.807, 2.05) is 0 Å². The molecule has 2 N–H and O–H groups in total. The van der Waals surface area contributed by atoms with Crippen LogP contribution >= 0.6 is 0 Å². The molecule has 1 saturated heterocycles. The van der Waals surface area contributed by atoms with Gasteiger partial charge in [-0.2, -0.15) is 0 Å². The molecule has 2 heterocycles. The van der Waals surface area contributed by atoms with E-state index in [9.17, 15) is 0 Å². The largest absolute Gasteiger partial charge is 0.324 e. The molecular formula is C15H25N3. The zero-order valence-electron chi connectivity index (χ0n) is 11.7. The summed E-state index contributed by atoms with van der Waals surface area (Å²) in [6.07, 6.45) is 8.51. The van der Waals surface area contributed by atoms with Crippen LogP contribution in [0, 0.1) is 5.41 Å². The van der Waals surface area contributed by atoms with Crippen LogP contribution in [0.25, 0.3) is 0 Å². The van der Waals surface area contributed by atoms with Gasteiger partial charge in [0, 0.05) is 31.0 Å². The van der Waals surface area contributed by atoms with E-state index in [4.69, 9.17) is 5.73 Å². The zero-order valence-corrected chi connectivity index (χ0v) is 11.7. The fourth-order valence-electron chi connectivity index (χ4n) is 3.58. The number of hydrogen-bond acceptors (Lipinski definition) is 2. The Hall–Kier alpha value is -0.960. The van der Waals surface area contributed by atoms with Crippen LogP contribution in [-0.2, 0) is 6.42 Å². The molecule has 0 amide bonds. The van der Waals surface area contributed by atoms with Gasteiger partial charge in [0.15, 0.2) is 0 Å². The minimum absolute atomic E-state index is 0.217. The molecule has 1 aliphatic heterocycles. The quantitative estimate of drug-likeness (QED) is 0.827. The molecule has 0 bridgehead atoms. The second kappa shape index (κ2) is 4.30. The van der Waals surface area contributed by atoms with Gasteiger partial charge in [-0.1, -0.05) is 13.8 Å². The van der Waals surface area contributed by atoms with Crippen LogP contribution in [0.5, 0.6) is 0 Å². The average Bonchev–Trinajstić information content (AvgIpc) is 2.72. The average molecular weight is 247 g/mol. The number of piperidine rings is 1. The third kappa shape index (κ3) is 2.05. The number of nitrogens with two attached hydrogens (primary N) is 1. The summed E-state index contributed by atoms with van der Waals surface area (Å²) in [5.41, 5.74) is 9.50. The van der Waals surface area contributed by atoms with Gasteiger partial charge in [0.1, 0.15) is 0 Å². The maximum absolute atomic E-state index is 6.33. The molecule has 1 aromatic heterocycles. The number of hydrogen-bond donors (Lipinski definition) is 1. The second-order valence-corrected chi connectivity index (χ2v) is 6.73. The van der Waals surface area contributed by atoms with Gasteiger partial charge in [-0.3, -0.25) is 4.68 Å². The van der Waals surface area contributed by atoms with E-state index in [1.165, 1.54) is 43.6 Å². The highest BCUT2D eigenvalue weighted by molar-refractivity contribution is 5.31. The molecule has 1 aliphatic carbocycles. The van der Waals surface area contributed by atoms with E-state index in [0.717, 1.165) is 12.8 Å². The molecule has 0 saturated carbocycles. The zero-order chi connectivity index (χ0) is 12.8. The van der Waals surface area contributed by atoms with Crippen LogP contribution in [0.4, 0.5) is 0 Å². The summed E-state index contributed by atoms with van der Waals surface area (Å²) in [5.74, 6) is 0. The Morgan fingerprint density at radius 3 is 2.67 bits per heavy atom. The van der Waals surface area contributed by atoms with E-state index in [2.05, 4.69) is 35.8 Å². The van der Waals surface area contributed by atoms with Crippen LogP contribution in [-0.4, -0.2) is 17.8 Å². The van der Waals surface area contributed by atoms with Gasteiger partial charge >= 0.3 is 0 Å². The molecule has 100 valence electrons. The van der Waals surface area contributed by atoms with E-state index in [1.54, 1.807) is 0 Å². The van der Waals surface area contributed by atoms with Crippen LogP contribution in [0.1, 0.15) is 56.8 Å². The van der Waals surface area contributed by atoms with Gasteiger partial charge in [-0.25, -0.2) is 0 Å². The maximum Gasteiger partial charge on any atom is 0.0449 e. The topological polar surface area (TPSA) is 34.2 Å². The fraction of sp³-hybridized carbons (Fsp3) is 0.733. The summed E-state index contributed by atoms with van der Waals surface area (Å²) in [6, 6.07) is 2.46. The molecule has 1 aromatic rings. The summed E-state index contributed by atoms with van der Waals surface area (Å²) in [7, 11) is 0. The molecule has 3 nitrogen and oxygen atoms in total. The van der Waals surface area contributed by atoms with Crippen molar-refractivity contribution >= 4 is 0 Å². The lowest BCUT2D eigenvalue weighted by Crippen LogP contribution is -2.41. The van der Waals surface area contributed by atoms with Gasteiger partial charge in [-0.15, -0.1) is 0 Å². The Kier molecular flexibility index (Phi) is 2.89. The summed E-state index contributed by atoms with van der Waals surface area (Å²) >= 11 is 0. The lowest BCUT2D eigenvalue weighted by molar-refractivity contribution is 0.273. The molecular weight excluding hydrogens is 222 g/mol. The first-order chi connectivity index (χ1) is 8.57. The predicted molar refractivity (Wildman–Crippen MR) is 75.3 cm³/mol. The SMILES string of the molecule is CC1(C)Cc2c(ccn2N2CCCCC2)C(N)C1. The molecule has 3 rings (SSSR count). The van der Waals surface area contributed by atoms with Crippen molar-refractivity contribution in [1.82, 2.24) is 4.68 Å². The van der Waals surface area contributed by atoms with Crippen molar-refractivity contribution in [3.05, 3.63) is 23.5 Å². The third-order valence-corrected chi connectivity index (χ3v) is 4.46. The van der Waals surface area contributed by atoms with E-state index < -0.39 is 0 Å². The van der Waals surface area contributed by atoms with Gasteiger partial charge in [0.05, 0.1) is 0 Å². The van der Waals surface area contributed by atoms with Crippen molar-refractivity contribution in [1.29, 1.82) is 0 Å². The first-order valence-corrected chi connectivity index (χ1v) is 7.28. The van der Waals surface area contributed by atoms with E-state index in [-0.39, 0.29) is 6.04 Å². The second-order valence-electron chi connectivity index (χ2n) is 6.73. The van der Waals surface area contributed by atoms with Crippen molar-refractivity contribution in [3.63, 3.8) is 0 Å². The molecule has 1 fully saturated rings. The smallest absolute Gasteiger partial charge is 0.0449 e.